The van der Waals surface area contributed by atoms with Crippen LogP contribution in [-0.4, -0.2) is 19.2 Å². The molecule has 0 fully saturated rings. The topological polar surface area (TPSA) is 31.4 Å². The lowest BCUT2D eigenvalue weighted by molar-refractivity contribution is 0.414. The maximum atomic E-state index is 5.00. The molecule has 0 radical (unpaired) electrons. The fourth-order valence-electron chi connectivity index (χ4n) is 2.42. The zero-order valence-corrected chi connectivity index (χ0v) is 19.6. The number of hydrogen-bond acceptors (Lipinski definition) is 3. The molecule has 0 N–H and O–H groups in total. The van der Waals surface area contributed by atoms with Crippen molar-refractivity contribution in [2.45, 2.75) is 34.1 Å². The van der Waals surface area contributed by atoms with Gasteiger partial charge in [0.15, 0.2) is 0 Å². The summed E-state index contributed by atoms with van der Waals surface area (Å²) in [5.74, 6) is 1.84. The number of aryl methyl sites for hydroxylation is 3. The van der Waals surface area contributed by atoms with E-state index in [1.807, 2.05) is 80.6 Å². The Balaban J connectivity index is 0.000000209. The summed E-state index contributed by atoms with van der Waals surface area (Å²) in [6, 6.07) is 21.8. The van der Waals surface area contributed by atoms with E-state index in [-0.39, 0.29) is 0 Å². The number of hydrogen-bond donors (Lipinski definition) is 0. The summed E-state index contributed by atoms with van der Waals surface area (Å²) in [6.45, 7) is 8.21. The zero-order chi connectivity index (χ0) is 22.9. The van der Waals surface area contributed by atoms with Crippen molar-refractivity contribution >= 4 is 0 Å². The Labute approximate surface area is 188 Å². The van der Waals surface area contributed by atoms with E-state index in [4.69, 9.17) is 9.47 Å². The smallest absolute Gasteiger partial charge is 0.119 e. The molecular weight excluding hydrogens is 382 g/mol. The van der Waals surface area contributed by atoms with Crippen molar-refractivity contribution in [3.05, 3.63) is 114 Å². The third-order valence-electron chi connectivity index (χ3n) is 4.25. The van der Waals surface area contributed by atoms with Gasteiger partial charge in [-0.3, -0.25) is 4.98 Å². The first-order valence-corrected chi connectivity index (χ1v) is 10.4. The minimum atomic E-state index is 0.917. The van der Waals surface area contributed by atoms with E-state index in [0.717, 1.165) is 17.2 Å². The lowest BCUT2D eigenvalue weighted by atomic mass is 10.2. The number of methoxy groups -OCH3 is 2. The highest BCUT2D eigenvalue weighted by atomic mass is 16.5. The van der Waals surface area contributed by atoms with Crippen LogP contribution < -0.4 is 9.47 Å². The number of pyridine rings is 1. The first-order chi connectivity index (χ1) is 14.9. The minimum Gasteiger partial charge on any atom is -0.497 e. The predicted molar refractivity (Wildman–Crippen MR) is 132 cm³/mol. The van der Waals surface area contributed by atoms with Crippen molar-refractivity contribution in [3.8, 4) is 11.5 Å². The van der Waals surface area contributed by atoms with E-state index in [1.165, 1.54) is 23.1 Å². The Kier molecular flexibility index (Phi) is 12.9. The van der Waals surface area contributed by atoms with E-state index >= 15 is 0 Å². The maximum Gasteiger partial charge on any atom is 0.119 e. The SMILES string of the molecule is CC1=CC=CC1.COc1ccc(C)cc1.COc1cccc(C)c1.Cc1ccccn1. The summed E-state index contributed by atoms with van der Waals surface area (Å²) in [4.78, 5) is 3.98. The van der Waals surface area contributed by atoms with E-state index < -0.39 is 0 Å². The molecule has 3 nitrogen and oxygen atoms in total. The van der Waals surface area contributed by atoms with Crippen LogP contribution in [0.5, 0.6) is 11.5 Å². The zero-order valence-electron chi connectivity index (χ0n) is 19.6. The molecule has 0 saturated heterocycles. The van der Waals surface area contributed by atoms with Gasteiger partial charge in [0.2, 0.25) is 0 Å². The molecule has 1 heterocycles. The second-order valence-corrected chi connectivity index (χ2v) is 7.15. The van der Waals surface area contributed by atoms with Gasteiger partial charge in [-0.1, -0.05) is 59.7 Å². The molecule has 0 bridgehead atoms. The van der Waals surface area contributed by atoms with Crippen LogP contribution in [0.15, 0.2) is 96.7 Å². The average molecular weight is 418 g/mol. The van der Waals surface area contributed by atoms with Gasteiger partial charge < -0.3 is 9.47 Å². The van der Waals surface area contributed by atoms with Crippen LogP contribution in [0.4, 0.5) is 0 Å². The van der Waals surface area contributed by atoms with Gasteiger partial charge in [0.25, 0.3) is 0 Å². The van der Waals surface area contributed by atoms with Crippen molar-refractivity contribution in [1.82, 2.24) is 4.98 Å². The molecule has 1 aliphatic carbocycles. The molecule has 0 saturated carbocycles. The Morgan fingerprint density at radius 1 is 0.710 bits per heavy atom. The standard InChI is InChI=1S/2C8H10O.C6H7N.C6H8/c1-7-3-5-8(9-2)6-4-7;1-7-4-3-5-8(6-7)9-2;1-6-4-2-3-5-7-6;1-6-4-2-3-5-6/h2*3-6H,1-2H3;2-5H,1H3;2-4H,5H2,1H3. The van der Waals surface area contributed by atoms with Crippen LogP contribution in [0.2, 0.25) is 0 Å². The molecule has 1 aliphatic rings. The van der Waals surface area contributed by atoms with Gasteiger partial charge in [0, 0.05) is 11.9 Å². The Morgan fingerprint density at radius 3 is 1.77 bits per heavy atom. The maximum absolute atomic E-state index is 5.00. The van der Waals surface area contributed by atoms with Crippen LogP contribution in [0.1, 0.15) is 30.2 Å². The molecule has 0 unspecified atom stereocenters. The van der Waals surface area contributed by atoms with E-state index in [0.29, 0.717) is 0 Å². The summed E-state index contributed by atoms with van der Waals surface area (Å²) in [5.41, 5.74) is 5.03. The molecule has 3 aromatic rings. The fourth-order valence-corrected chi connectivity index (χ4v) is 2.42. The monoisotopic (exact) mass is 417 g/mol. The van der Waals surface area contributed by atoms with Gasteiger partial charge in [-0.15, -0.1) is 0 Å². The normalized spacial score (nSPS) is 10.8. The van der Waals surface area contributed by atoms with Gasteiger partial charge in [-0.05, 0) is 76.1 Å². The highest BCUT2D eigenvalue weighted by Gasteiger charge is 1.87. The van der Waals surface area contributed by atoms with Crippen LogP contribution >= 0.6 is 0 Å². The number of aromatic nitrogens is 1. The molecule has 2 aromatic carbocycles. The van der Waals surface area contributed by atoms with Crippen LogP contribution in [0.25, 0.3) is 0 Å². The summed E-state index contributed by atoms with van der Waals surface area (Å²) < 4.78 is 9.96. The molecule has 164 valence electrons. The third-order valence-corrected chi connectivity index (χ3v) is 4.25. The first kappa shape index (κ1) is 25.7. The van der Waals surface area contributed by atoms with E-state index in [2.05, 4.69) is 37.1 Å². The molecular formula is C28H35NO2. The fraction of sp³-hybridized carbons (Fsp3) is 0.250. The molecule has 31 heavy (non-hydrogen) atoms. The van der Waals surface area contributed by atoms with Gasteiger partial charge in [0.1, 0.15) is 11.5 Å². The molecule has 3 heteroatoms. The van der Waals surface area contributed by atoms with Crippen LogP contribution in [0.3, 0.4) is 0 Å². The van der Waals surface area contributed by atoms with Crippen molar-refractivity contribution in [2.24, 2.45) is 0 Å². The number of benzene rings is 2. The van der Waals surface area contributed by atoms with Gasteiger partial charge >= 0.3 is 0 Å². The summed E-state index contributed by atoms with van der Waals surface area (Å²) in [5, 5.41) is 0. The summed E-state index contributed by atoms with van der Waals surface area (Å²) >= 11 is 0. The summed E-state index contributed by atoms with van der Waals surface area (Å²) in [7, 11) is 3.35. The van der Waals surface area contributed by atoms with E-state index in [9.17, 15) is 0 Å². The molecule has 0 amide bonds. The molecule has 1 aromatic heterocycles. The lowest BCUT2D eigenvalue weighted by Crippen LogP contribution is -1.81. The van der Waals surface area contributed by atoms with Gasteiger partial charge in [0.05, 0.1) is 14.2 Å². The number of allylic oxidation sites excluding steroid dienone is 4. The Morgan fingerprint density at radius 2 is 1.42 bits per heavy atom. The van der Waals surface area contributed by atoms with Crippen LogP contribution in [-0.2, 0) is 0 Å². The van der Waals surface area contributed by atoms with Gasteiger partial charge in [-0.2, -0.15) is 0 Å². The van der Waals surface area contributed by atoms with Crippen molar-refractivity contribution in [1.29, 1.82) is 0 Å². The average Bonchev–Trinajstić information content (AvgIpc) is 3.27. The number of nitrogens with zero attached hydrogens (tertiary/aromatic N) is 1. The molecule has 0 atom stereocenters. The van der Waals surface area contributed by atoms with Crippen molar-refractivity contribution in [2.75, 3.05) is 14.2 Å². The number of rotatable bonds is 2. The van der Waals surface area contributed by atoms with Crippen molar-refractivity contribution in [3.63, 3.8) is 0 Å². The third kappa shape index (κ3) is 12.8. The largest absolute Gasteiger partial charge is 0.497 e. The Hall–Kier alpha value is -3.33. The molecule has 0 spiro atoms. The highest BCUT2D eigenvalue weighted by molar-refractivity contribution is 5.27. The van der Waals surface area contributed by atoms with E-state index in [1.54, 1.807) is 20.4 Å². The molecule has 0 aliphatic heterocycles. The second kappa shape index (κ2) is 15.5. The first-order valence-electron chi connectivity index (χ1n) is 10.4. The second-order valence-electron chi connectivity index (χ2n) is 7.15. The predicted octanol–water partition coefficient (Wildman–Crippen LogP) is 7.29. The lowest BCUT2D eigenvalue weighted by Gasteiger charge is -1.97. The molecule has 4 rings (SSSR count). The summed E-state index contributed by atoms with van der Waals surface area (Å²) in [6.07, 6.45) is 9.35. The highest BCUT2D eigenvalue weighted by Crippen LogP contribution is 2.11. The minimum absolute atomic E-state index is 0.917. The quantitative estimate of drug-likeness (QED) is 0.439. The van der Waals surface area contributed by atoms with Crippen LogP contribution in [0, 0.1) is 20.8 Å². The van der Waals surface area contributed by atoms with Crippen molar-refractivity contribution < 1.29 is 9.47 Å². The Bertz CT molecular complexity index is 913. The number of ether oxygens (including phenoxy) is 2. The van der Waals surface area contributed by atoms with Gasteiger partial charge in [-0.25, -0.2) is 0 Å².